The van der Waals surface area contributed by atoms with Crippen molar-refractivity contribution in [3.8, 4) is 11.1 Å². The maximum Gasteiger partial charge on any atom is 0.414 e. The van der Waals surface area contributed by atoms with Gasteiger partial charge in [0.2, 0.25) is 5.88 Å². The van der Waals surface area contributed by atoms with E-state index in [1.807, 2.05) is 48.5 Å². The van der Waals surface area contributed by atoms with Crippen molar-refractivity contribution in [1.29, 1.82) is 0 Å². The van der Waals surface area contributed by atoms with Gasteiger partial charge >= 0.3 is 12.1 Å². The lowest BCUT2D eigenvalue weighted by Crippen LogP contribution is -2.42. The van der Waals surface area contributed by atoms with E-state index in [0.717, 1.165) is 22.3 Å². The number of hydrogen-bond donors (Lipinski definition) is 4. The summed E-state index contributed by atoms with van der Waals surface area (Å²) in [6.45, 7) is 1.09. The van der Waals surface area contributed by atoms with E-state index in [1.165, 1.54) is 13.0 Å². The van der Waals surface area contributed by atoms with Crippen LogP contribution < -0.4 is 10.6 Å². The molecule has 0 aliphatic heterocycles. The number of amides is 2. The molecule has 1 aromatic heterocycles. The summed E-state index contributed by atoms with van der Waals surface area (Å²) in [6, 6.07) is 17.1. The predicted molar refractivity (Wildman–Crippen MR) is 120 cm³/mol. The van der Waals surface area contributed by atoms with Crippen LogP contribution in [0.3, 0.4) is 0 Å². The molecule has 1 atom stereocenters. The van der Waals surface area contributed by atoms with Crippen LogP contribution in [0, 0.1) is 0 Å². The van der Waals surface area contributed by atoms with Crippen LogP contribution >= 0.6 is 0 Å². The van der Waals surface area contributed by atoms with Crippen molar-refractivity contribution in [2.45, 2.75) is 24.9 Å². The Bertz CT molecular complexity index is 1190. The maximum absolute atomic E-state index is 12.3. The zero-order valence-electron chi connectivity index (χ0n) is 18.3. The van der Waals surface area contributed by atoms with Crippen molar-refractivity contribution in [3.05, 3.63) is 71.4 Å². The Labute approximate surface area is 194 Å². The van der Waals surface area contributed by atoms with Gasteiger partial charge in [0, 0.05) is 18.5 Å². The van der Waals surface area contributed by atoms with E-state index in [2.05, 4.69) is 15.8 Å². The fourth-order valence-electron chi connectivity index (χ4n) is 3.93. The lowest BCUT2D eigenvalue weighted by atomic mass is 9.98. The molecule has 10 heteroatoms. The highest BCUT2D eigenvalue weighted by molar-refractivity contribution is 5.94. The average molecular weight is 465 g/mol. The molecule has 0 fully saturated rings. The molecule has 176 valence electrons. The van der Waals surface area contributed by atoms with Gasteiger partial charge in [0.15, 0.2) is 5.69 Å². The summed E-state index contributed by atoms with van der Waals surface area (Å²) in [5.74, 6) is -2.10. The third-order valence-corrected chi connectivity index (χ3v) is 5.47. The molecule has 10 nitrogen and oxygen atoms in total. The van der Waals surface area contributed by atoms with Gasteiger partial charge in [0.05, 0.1) is 12.0 Å². The SMILES string of the molecule is CC(O)(CNC(=O)c1cc(NC(=O)OCC2c3ccccc3-c3ccccc32)on1)CC(=O)O. The summed E-state index contributed by atoms with van der Waals surface area (Å²) in [5.41, 5.74) is 2.59. The van der Waals surface area contributed by atoms with Gasteiger partial charge in [-0.05, 0) is 29.2 Å². The molecule has 4 N–H and O–H groups in total. The van der Waals surface area contributed by atoms with E-state index in [0.29, 0.717) is 0 Å². The molecule has 1 aliphatic carbocycles. The number of aliphatic hydroxyl groups is 1. The van der Waals surface area contributed by atoms with Crippen molar-refractivity contribution >= 4 is 23.9 Å². The van der Waals surface area contributed by atoms with Gasteiger partial charge in [0.25, 0.3) is 5.91 Å². The Morgan fingerprint density at radius 2 is 1.71 bits per heavy atom. The first kappa shape index (κ1) is 23.0. The van der Waals surface area contributed by atoms with Crippen LogP contribution in [-0.4, -0.2) is 52.1 Å². The summed E-state index contributed by atoms with van der Waals surface area (Å²) in [5, 5.41) is 27.1. The normalized spacial score (nSPS) is 13.9. The highest BCUT2D eigenvalue weighted by Crippen LogP contribution is 2.44. The minimum Gasteiger partial charge on any atom is -0.481 e. The van der Waals surface area contributed by atoms with E-state index in [1.54, 1.807) is 0 Å². The number of ether oxygens (including phenoxy) is 1. The fraction of sp³-hybridized carbons (Fsp3) is 0.250. The second kappa shape index (κ2) is 9.36. The second-order valence-electron chi connectivity index (χ2n) is 8.28. The van der Waals surface area contributed by atoms with Gasteiger partial charge in [-0.1, -0.05) is 53.7 Å². The van der Waals surface area contributed by atoms with Gasteiger partial charge in [-0.3, -0.25) is 14.9 Å². The number of aliphatic carboxylic acids is 1. The fourth-order valence-corrected chi connectivity index (χ4v) is 3.93. The minimum absolute atomic E-state index is 0.0975. The van der Waals surface area contributed by atoms with Gasteiger partial charge in [0.1, 0.15) is 6.61 Å². The quantitative estimate of drug-likeness (QED) is 0.396. The highest BCUT2D eigenvalue weighted by Gasteiger charge is 2.29. The van der Waals surface area contributed by atoms with Crippen LogP contribution in [0.1, 0.15) is 40.9 Å². The Hall–Kier alpha value is -4.18. The van der Waals surface area contributed by atoms with E-state index >= 15 is 0 Å². The van der Waals surface area contributed by atoms with Gasteiger partial charge in [-0.25, -0.2) is 4.79 Å². The Morgan fingerprint density at radius 3 is 2.32 bits per heavy atom. The summed E-state index contributed by atoms with van der Waals surface area (Å²) in [7, 11) is 0. The number of carboxylic acids is 1. The first-order valence-corrected chi connectivity index (χ1v) is 10.5. The Kier molecular flexibility index (Phi) is 6.33. The third-order valence-electron chi connectivity index (χ3n) is 5.47. The highest BCUT2D eigenvalue weighted by atomic mass is 16.6. The molecular formula is C24H23N3O7. The Balaban J connectivity index is 1.33. The molecule has 2 aromatic carbocycles. The summed E-state index contributed by atoms with van der Waals surface area (Å²) >= 11 is 0. The molecule has 1 heterocycles. The molecule has 1 unspecified atom stereocenters. The van der Waals surface area contributed by atoms with Crippen LogP contribution in [0.2, 0.25) is 0 Å². The second-order valence-corrected chi connectivity index (χ2v) is 8.28. The van der Waals surface area contributed by atoms with Crippen molar-refractivity contribution in [2.75, 3.05) is 18.5 Å². The summed E-state index contributed by atoms with van der Waals surface area (Å²) in [6.07, 6.45) is -1.31. The van der Waals surface area contributed by atoms with Gasteiger partial charge < -0.3 is 24.8 Å². The molecule has 0 spiro atoms. The number of benzene rings is 2. The zero-order chi connectivity index (χ0) is 24.3. The van der Waals surface area contributed by atoms with E-state index < -0.39 is 30.0 Å². The molecule has 1 aliphatic rings. The van der Waals surface area contributed by atoms with E-state index in [-0.39, 0.29) is 30.6 Å². The van der Waals surface area contributed by atoms with Crippen LogP contribution in [0.25, 0.3) is 11.1 Å². The lowest BCUT2D eigenvalue weighted by molar-refractivity contribution is -0.141. The molecule has 4 rings (SSSR count). The number of fused-ring (bicyclic) bond motifs is 3. The molecule has 0 saturated carbocycles. The molecule has 34 heavy (non-hydrogen) atoms. The van der Waals surface area contributed by atoms with Crippen LogP contribution in [0.5, 0.6) is 0 Å². The van der Waals surface area contributed by atoms with Crippen LogP contribution in [-0.2, 0) is 9.53 Å². The first-order chi connectivity index (χ1) is 16.2. The van der Waals surface area contributed by atoms with Crippen molar-refractivity contribution in [3.63, 3.8) is 0 Å². The number of anilines is 1. The van der Waals surface area contributed by atoms with Crippen LogP contribution in [0.4, 0.5) is 10.7 Å². The maximum atomic E-state index is 12.3. The van der Waals surface area contributed by atoms with Crippen molar-refractivity contribution in [2.24, 2.45) is 0 Å². The number of carbonyl (C=O) groups excluding carboxylic acids is 2. The number of carbonyl (C=O) groups is 3. The molecule has 0 bridgehead atoms. The average Bonchev–Trinajstić information content (AvgIpc) is 3.38. The Morgan fingerprint density at radius 1 is 1.09 bits per heavy atom. The summed E-state index contributed by atoms with van der Waals surface area (Å²) < 4.78 is 10.4. The van der Waals surface area contributed by atoms with Crippen LogP contribution in [0.15, 0.2) is 59.1 Å². The molecule has 2 amide bonds. The lowest BCUT2D eigenvalue weighted by Gasteiger charge is -2.20. The molecule has 0 saturated heterocycles. The van der Waals surface area contributed by atoms with Crippen molar-refractivity contribution in [1.82, 2.24) is 10.5 Å². The standard InChI is InChI=1S/C24H23N3O7/c1-24(32,11-21(28)29)13-25-22(30)19-10-20(34-27-19)26-23(31)33-12-18-16-8-4-2-6-14(16)15-7-3-5-9-17(15)18/h2-10,18,32H,11-13H2,1H3,(H,25,30)(H,26,31)(H,28,29). The number of rotatable bonds is 8. The predicted octanol–water partition coefficient (Wildman–Crippen LogP) is 2.99. The molecular weight excluding hydrogens is 442 g/mol. The van der Waals surface area contributed by atoms with E-state index in [9.17, 15) is 19.5 Å². The minimum atomic E-state index is -1.63. The van der Waals surface area contributed by atoms with Gasteiger partial charge in [-0.15, -0.1) is 0 Å². The number of carboxylic acid groups (broad SMARTS) is 1. The van der Waals surface area contributed by atoms with Crippen molar-refractivity contribution < 1.29 is 33.9 Å². The smallest absolute Gasteiger partial charge is 0.414 e. The topological polar surface area (TPSA) is 151 Å². The number of hydrogen-bond acceptors (Lipinski definition) is 7. The largest absolute Gasteiger partial charge is 0.481 e. The molecule has 0 radical (unpaired) electrons. The monoisotopic (exact) mass is 465 g/mol. The van der Waals surface area contributed by atoms with Gasteiger partial charge in [-0.2, -0.15) is 0 Å². The summed E-state index contributed by atoms with van der Waals surface area (Å²) in [4.78, 5) is 35.2. The number of nitrogens with one attached hydrogen (secondary N) is 2. The molecule has 3 aromatic rings. The zero-order valence-corrected chi connectivity index (χ0v) is 18.3. The number of aromatic nitrogens is 1. The third kappa shape index (κ3) is 5.07. The van der Waals surface area contributed by atoms with E-state index in [4.69, 9.17) is 14.4 Å². The number of nitrogens with zero attached hydrogens (tertiary/aromatic N) is 1. The first-order valence-electron chi connectivity index (χ1n) is 10.5.